The van der Waals surface area contributed by atoms with E-state index in [9.17, 15) is 4.79 Å². The summed E-state index contributed by atoms with van der Waals surface area (Å²) in [6, 6.07) is 20.6. The van der Waals surface area contributed by atoms with Crippen LogP contribution in [0.3, 0.4) is 0 Å². The van der Waals surface area contributed by atoms with Gasteiger partial charge in [-0.1, -0.05) is 52.3 Å². The van der Waals surface area contributed by atoms with Crippen LogP contribution < -0.4 is 5.32 Å². The summed E-state index contributed by atoms with van der Waals surface area (Å²) in [6.07, 6.45) is 6.99. The van der Waals surface area contributed by atoms with E-state index in [-0.39, 0.29) is 11.9 Å². The van der Waals surface area contributed by atoms with Gasteiger partial charge in [0.2, 0.25) is 0 Å². The number of carbonyl (C=O) groups excluding carboxylic acids is 1. The molecular weight excluding hydrogens is 450 g/mol. The molecule has 2 unspecified atom stereocenters. The Labute approximate surface area is 191 Å². The third kappa shape index (κ3) is 4.30. The van der Waals surface area contributed by atoms with Gasteiger partial charge in [-0.15, -0.1) is 0 Å². The summed E-state index contributed by atoms with van der Waals surface area (Å²) < 4.78 is 1.01. The number of benzene rings is 2. The third-order valence-corrected chi connectivity index (χ3v) is 7.23. The first-order valence-electron chi connectivity index (χ1n) is 11.0. The van der Waals surface area contributed by atoms with Crippen molar-refractivity contribution in [3.05, 3.63) is 88.7 Å². The first-order valence-corrected chi connectivity index (χ1v) is 11.8. The Hall–Kier alpha value is -2.50. The summed E-state index contributed by atoms with van der Waals surface area (Å²) in [5.41, 5.74) is 3.97. The molecule has 31 heavy (non-hydrogen) atoms. The van der Waals surface area contributed by atoms with E-state index in [1.165, 1.54) is 5.56 Å². The summed E-state index contributed by atoms with van der Waals surface area (Å²) in [6.45, 7) is 2.24. The maximum atomic E-state index is 13.5. The molecule has 0 spiro atoms. The number of piperidine rings is 3. The monoisotopic (exact) mass is 475 g/mol. The molecule has 2 atom stereocenters. The SMILES string of the molecule is O=C(NC1C2CCN(CC2)C1Cc1cccnc1)c1ccccc1-c1cccc(Br)c1. The second-order valence-corrected chi connectivity index (χ2v) is 9.48. The Bertz CT molecular complexity index is 1060. The van der Waals surface area contributed by atoms with Crippen LogP contribution >= 0.6 is 15.9 Å². The second kappa shape index (κ2) is 8.93. The van der Waals surface area contributed by atoms with Gasteiger partial charge >= 0.3 is 0 Å². The number of fused-ring (bicyclic) bond motifs is 3. The Morgan fingerprint density at radius 3 is 2.68 bits per heavy atom. The maximum Gasteiger partial charge on any atom is 0.252 e. The van der Waals surface area contributed by atoms with Crippen molar-refractivity contribution in [3.63, 3.8) is 0 Å². The maximum absolute atomic E-state index is 13.5. The molecule has 6 rings (SSSR count). The molecule has 1 N–H and O–H groups in total. The lowest BCUT2D eigenvalue weighted by molar-refractivity contribution is 0.0136. The molecule has 158 valence electrons. The second-order valence-electron chi connectivity index (χ2n) is 8.56. The summed E-state index contributed by atoms with van der Waals surface area (Å²) in [5, 5.41) is 3.45. The van der Waals surface area contributed by atoms with Crippen molar-refractivity contribution < 1.29 is 4.79 Å². The fourth-order valence-electron chi connectivity index (χ4n) is 5.20. The van der Waals surface area contributed by atoms with Gasteiger partial charge in [-0.2, -0.15) is 0 Å². The molecule has 1 amide bonds. The van der Waals surface area contributed by atoms with E-state index in [1.807, 2.05) is 54.9 Å². The number of rotatable bonds is 5. The highest BCUT2D eigenvalue weighted by atomic mass is 79.9. The van der Waals surface area contributed by atoms with Gasteiger partial charge in [0, 0.05) is 34.5 Å². The van der Waals surface area contributed by atoms with E-state index in [4.69, 9.17) is 0 Å². The molecule has 2 bridgehead atoms. The number of nitrogens with zero attached hydrogens (tertiary/aromatic N) is 2. The zero-order valence-electron chi connectivity index (χ0n) is 17.4. The third-order valence-electron chi connectivity index (χ3n) is 6.74. The molecular formula is C26H26BrN3O. The molecule has 5 heteroatoms. The Morgan fingerprint density at radius 1 is 1.06 bits per heavy atom. The van der Waals surface area contributed by atoms with E-state index >= 15 is 0 Å². The number of hydrogen-bond acceptors (Lipinski definition) is 3. The Balaban J connectivity index is 1.41. The molecule has 4 nitrogen and oxygen atoms in total. The smallest absolute Gasteiger partial charge is 0.252 e. The standard InChI is InChI=1S/C26H26BrN3O/c27-21-7-3-6-20(16-21)22-8-1-2-9-23(22)26(31)29-25-19-10-13-30(14-11-19)24(25)15-18-5-4-12-28-17-18/h1-9,12,16-17,19,24-25H,10-11,13-15H2,(H,29,31). The van der Waals surface area contributed by atoms with Crippen molar-refractivity contribution in [2.75, 3.05) is 13.1 Å². The van der Waals surface area contributed by atoms with Crippen LogP contribution in [0.25, 0.3) is 11.1 Å². The highest BCUT2D eigenvalue weighted by Gasteiger charge is 2.42. The molecule has 0 saturated carbocycles. The van der Waals surface area contributed by atoms with E-state index < -0.39 is 0 Å². The Kier molecular flexibility index (Phi) is 5.88. The van der Waals surface area contributed by atoms with Gasteiger partial charge in [-0.05, 0) is 79.2 Å². The normalized spacial score (nSPS) is 24.7. The quantitative estimate of drug-likeness (QED) is 0.567. The van der Waals surface area contributed by atoms with Gasteiger partial charge < -0.3 is 5.32 Å². The topological polar surface area (TPSA) is 45.2 Å². The molecule has 2 aromatic carbocycles. The van der Waals surface area contributed by atoms with Crippen LogP contribution in [0.4, 0.5) is 0 Å². The van der Waals surface area contributed by atoms with E-state index in [0.717, 1.165) is 53.5 Å². The highest BCUT2D eigenvalue weighted by molar-refractivity contribution is 9.10. The van der Waals surface area contributed by atoms with Crippen molar-refractivity contribution in [3.8, 4) is 11.1 Å². The van der Waals surface area contributed by atoms with Crippen LogP contribution in [0.15, 0.2) is 77.5 Å². The zero-order chi connectivity index (χ0) is 21.2. The number of nitrogens with one attached hydrogen (secondary N) is 1. The fourth-order valence-corrected chi connectivity index (χ4v) is 5.60. The lowest BCUT2D eigenvalue weighted by Gasteiger charge is -2.51. The molecule has 3 aliphatic rings. The van der Waals surface area contributed by atoms with E-state index in [0.29, 0.717) is 12.0 Å². The number of aromatic nitrogens is 1. The molecule has 3 saturated heterocycles. The van der Waals surface area contributed by atoms with Crippen molar-refractivity contribution in [1.82, 2.24) is 15.2 Å². The van der Waals surface area contributed by atoms with Crippen LogP contribution in [0.2, 0.25) is 0 Å². The Morgan fingerprint density at radius 2 is 1.90 bits per heavy atom. The summed E-state index contributed by atoms with van der Waals surface area (Å²) in [7, 11) is 0. The van der Waals surface area contributed by atoms with Crippen LogP contribution in [-0.4, -0.2) is 41.0 Å². The van der Waals surface area contributed by atoms with E-state index in [1.54, 1.807) is 0 Å². The minimum absolute atomic E-state index is 0.0190. The lowest BCUT2D eigenvalue weighted by atomic mass is 9.76. The number of carbonyl (C=O) groups is 1. The van der Waals surface area contributed by atoms with Gasteiger partial charge in [-0.25, -0.2) is 0 Å². The number of pyridine rings is 1. The number of halogens is 1. The van der Waals surface area contributed by atoms with E-state index in [2.05, 4.69) is 49.3 Å². The van der Waals surface area contributed by atoms with Crippen molar-refractivity contribution in [2.24, 2.45) is 5.92 Å². The largest absolute Gasteiger partial charge is 0.347 e. The van der Waals surface area contributed by atoms with Crippen LogP contribution in [0, 0.1) is 5.92 Å². The molecule has 1 aromatic heterocycles. The predicted molar refractivity (Wildman–Crippen MR) is 127 cm³/mol. The minimum Gasteiger partial charge on any atom is -0.347 e. The van der Waals surface area contributed by atoms with Crippen LogP contribution in [-0.2, 0) is 6.42 Å². The van der Waals surface area contributed by atoms with Gasteiger partial charge in [0.05, 0.1) is 0 Å². The summed E-state index contributed by atoms with van der Waals surface area (Å²) in [5.74, 6) is 0.555. The summed E-state index contributed by atoms with van der Waals surface area (Å²) >= 11 is 3.55. The zero-order valence-corrected chi connectivity index (χ0v) is 19.0. The van der Waals surface area contributed by atoms with Gasteiger partial charge in [-0.3, -0.25) is 14.7 Å². The predicted octanol–water partition coefficient (Wildman–Crippen LogP) is 4.95. The van der Waals surface area contributed by atoms with Gasteiger partial charge in [0.15, 0.2) is 0 Å². The number of amides is 1. The fraction of sp³-hybridized carbons (Fsp3) is 0.308. The molecule has 4 heterocycles. The first-order chi connectivity index (χ1) is 15.2. The van der Waals surface area contributed by atoms with Crippen molar-refractivity contribution >= 4 is 21.8 Å². The van der Waals surface area contributed by atoms with Crippen LogP contribution in [0.1, 0.15) is 28.8 Å². The average Bonchev–Trinajstić information content (AvgIpc) is 2.82. The van der Waals surface area contributed by atoms with Gasteiger partial charge in [0.25, 0.3) is 5.91 Å². The van der Waals surface area contributed by atoms with Crippen molar-refractivity contribution in [1.29, 1.82) is 0 Å². The average molecular weight is 476 g/mol. The van der Waals surface area contributed by atoms with Crippen LogP contribution in [0.5, 0.6) is 0 Å². The molecule has 0 aliphatic carbocycles. The minimum atomic E-state index is 0.0190. The van der Waals surface area contributed by atoms with Crippen molar-refractivity contribution in [2.45, 2.75) is 31.3 Å². The highest BCUT2D eigenvalue weighted by Crippen LogP contribution is 2.34. The summed E-state index contributed by atoms with van der Waals surface area (Å²) in [4.78, 5) is 20.4. The number of hydrogen-bond donors (Lipinski definition) is 1. The van der Waals surface area contributed by atoms with Gasteiger partial charge in [0.1, 0.15) is 0 Å². The molecule has 3 aromatic rings. The first kappa shape index (κ1) is 20.4. The lowest BCUT2D eigenvalue weighted by Crippen LogP contribution is -2.64. The molecule has 3 aliphatic heterocycles. The molecule has 0 radical (unpaired) electrons. The molecule has 3 fully saturated rings.